The first-order valence-corrected chi connectivity index (χ1v) is 6.37. The largest absolute Gasteiger partial charge is 1.00 e. The van der Waals surface area contributed by atoms with E-state index < -0.39 is 0 Å². The summed E-state index contributed by atoms with van der Waals surface area (Å²) in [6.45, 7) is 6.10. The van der Waals surface area contributed by atoms with Crippen LogP contribution in [-0.4, -0.2) is 36.6 Å². The predicted octanol–water partition coefficient (Wildman–Crippen LogP) is -3.99. The van der Waals surface area contributed by atoms with Gasteiger partial charge >= 0.3 is 0 Å². The lowest BCUT2D eigenvalue weighted by molar-refractivity contribution is -0.00100. The Morgan fingerprint density at radius 3 is 2.06 bits per heavy atom. The highest BCUT2D eigenvalue weighted by Crippen LogP contribution is 2.25. The summed E-state index contributed by atoms with van der Waals surface area (Å²) in [6.07, 6.45) is 8.53. The van der Waals surface area contributed by atoms with E-state index in [0.717, 1.165) is 18.6 Å². The number of nitrogens with one attached hydrogen (secondary N) is 1. The van der Waals surface area contributed by atoms with Crippen LogP contribution in [-0.2, 0) is 0 Å². The molecule has 0 aromatic carbocycles. The summed E-state index contributed by atoms with van der Waals surface area (Å²) in [6, 6.07) is 1.74. The summed E-state index contributed by atoms with van der Waals surface area (Å²) in [5.41, 5.74) is 0. The van der Waals surface area contributed by atoms with Gasteiger partial charge in [-0.05, 0) is 58.2 Å². The van der Waals surface area contributed by atoms with E-state index >= 15 is 0 Å². The molecule has 0 bridgehead atoms. The summed E-state index contributed by atoms with van der Waals surface area (Å²) in [7, 11) is 0. The van der Waals surface area contributed by atoms with Crippen molar-refractivity contribution in [2.75, 3.05) is 19.6 Å². The monoisotopic (exact) mass is 266 g/mol. The molecule has 0 aromatic heterocycles. The second-order valence-corrected chi connectivity index (χ2v) is 4.81. The first kappa shape index (κ1) is 16.5. The van der Waals surface area contributed by atoms with E-state index in [9.17, 15) is 0 Å². The first-order valence-electron chi connectivity index (χ1n) is 6.37. The summed E-state index contributed by atoms with van der Waals surface area (Å²) in [4.78, 5) is 2.72. The molecule has 4 heteroatoms. The molecule has 2 fully saturated rings. The average Bonchev–Trinajstić information content (AvgIpc) is 2.72. The van der Waals surface area contributed by atoms with Gasteiger partial charge in [0.15, 0.2) is 0 Å². The van der Waals surface area contributed by atoms with Crippen LogP contribution in [0.2, 0.25) is 0 Å². The maximum absolute atomic E-state index is 3.58. The molecule has 0 radical (unpaired) electrons. The lowest BCUT2D eigenvalue weighted by atomic mass is 9.90. The van der Waals surface area contributed by atoms with Crippen molar-refractivity contribution >= 4 is 0 Å². The number of hydrogen-bond donors (Lipinski definition) is 1. The molecule has 0 aromatic rings. The Kier molecular flexibility index (Phi) is 8.84. The number of hydrogen-bond acceptors (Lipinski definition) is 2. The highest BCUT2D eigenvalue weighted by molar-refractivity contribution is 4.84. The Morgan fingerprint density at radius 1 is 1.00 bits per heavy atom. The van der Waals surface area contributed by atoms with E-state index in [1.165, 1.54) is 51.6 Å². The molecule has 0 atom stereocenters. The van der Waals surface area contributed by atoms with Crippen LogP contribution in [0.4, 0.5) is 0 Å². The fraction of sp³-hybridized carbons (Fsp3) is 1.00. The van der Waals surface area contributed by atoms with Crippen LogP contribution < -0.4 is 30.1 Å². The Balaban J connectivity index is 0.00000112. The maximum atomic E-state index is 3.58. The van der Waals surface area contributed by atoms with Crippen molar-refractivity contribution in [3.05, 3.63) is 0 Å². The van der Waals surface area contributed by atoms with Crippen LogP contribution in [0.15, 0.2) is 0 Å². The van der Waals surface area contributed by atoms with Gasteiger partial charge < -0.3 is 35.0 Å². The van der Waals surface area contributed by atoms with Crippen molar-refractivity contribution in [1.29, 1.82) is 0 Å². The Bertz CT molecular complexity index is 164. The molecule has 1 saturated carbocycles. The van der Waals surface area contributed by atoms with Crippen LogP contribution in [0.3, 0.4) is 0 Å². The zero-order chi connectivity index (χ0) is 9.80. The number of rotatable bonds is 3. The highest BCUT2D eigenvalue weighted by atomic mass is 35.5. The van der Waals surface area contributed by atoms with Gasteiger partial charge in [-0.15, -0.1) is 0 Å². The second kappa shape index (κ2) is 8.57. The van der Waals surface area contributed by atoms with Crippen LogP contribution in [0, 0.1) is 0 Å². The smallest absolute Gasteiger partial charge is 0.00964 e. The van der Waals surface area contributed by atoms with E-state index in [2.05, 4.69) is 17.1 Å². The van der Waals surface area contributed by atoms with Gasteiger partial charge in [-0.3, -0.25) is 0 Å². The molecular weight excluding hydrogens is 243 g/mol. The zero-order valence-corrected chi connectivity index (χ0v) is 11.7. The van der Waals surface area contributed by atoms with Crippen molar-refractivity contribution in [2.24, 2.45) is 0 Å². The van der Waals surface area contributed by atoms with Crippen molar-refractivity contribution in [2.45, 2.75) is 57.5 Å². The molecule has 1 saturated heterocycles. The predicted molar refractivity (Wildman–Crippen MR) is 60.5 cm³/mol. The van der Waals surface area contributed by atoms with Crippen molar-refractivity contribution < 1.29 is 24.8 Å². The van der Waals surface area contributed by atoms with E-state index in [1.807, 2.05) is 0 Å². The lowest BCUT2D eigenvalue weighted by Gasteiger charge is -2.34. The van der Waals surface area contributed by atoms with Crippen molar-refractivity contribution in [1.82, 2.24) is 10.2 Å². The van der Waals surface area contributed by atoms with Gasteiger partial charge in [-0.1, -0.05) is 6.92 Å². The third-order valence-electron chi connectivity index (χ3n) is 3.85. The standard InChI is InChI=1S/C12H24N2.2ClH/c1-2-13-11-5-7-12(8-6-11)14-9-3-4-10-14;;/h11-13H,2-10H2,1H3;2*1H/p-2. The lowest BCUT2D eigenvalue weighted by Crippen LogP contribution is -3.00. The molecule has 1 N–H and O–H groups in total. The molecule has 0 spiro atoms. The molecule has 2 rings (SSSR count). The van der Waals surface area contributed by atoms with Crippen molar-refractivity contribution in [3.63, 3.8) is 0 Å². The normalized spacial score (nSPS) is 30.6. The van der Waals surface area contributed by atoms with Gasteiger partial charge in [0.1, 0.15) is 0 Å². The van der Waals surface area contributed by atoms with E-state index in [1.54, 1.807) is 0 Å². The molecule has 0 unspecified atom stereocenters. The van der Waals surface area contributed by atoms with Crippen LogP contribution >= 0.6 is 0 Å². The minimum absolute atomic E-state index is 0. The average molecular weight is 267 g/mol. The summed E-state index contributed by atoms with van der Waals surface area (Å²) < 4.78 is 0. The van der Waals surface area contributed by atoms with Gasteiger partial charge in [0, 0.05) is 12.1 Å². The summed E-state index contributed by atoms with van der Waals surface area (Å²) in [5.74, 6) is 0. The van der Waals surface area contributed by atoms with Crippen LogP contribution in [0.5, 0.6) is 0 Å². The maximum Gasteiger partial charge on any atom is 0.00964 e. The van der Waals surface area contributed by atoms with E-state index in [-0.39, 0.29) is 24.8 Å². The highest BCUT2D eigenvalue weighted by Gasteiger charge is 2.26. The van der Waals surface area contributed by atoms with Gasteiger partial charge in [-0.25, -0.2) is 0 Å². The molecule has 1 aliphatic heterocycles. The van der Waals surface area contributed by atoms with Gasteiger partial charge in [-0.2, -0.15) is 0 Å². The van der Waals surface area contributed by atoms with E-state index in [0.29, 0.717) is 0 Å². The SMILES string of the molecule is CCNC1CCC(N2CCCC2)CC1.[Cl-].[Cl-]. The van der Waals surface area contributed by atoms with E-state index in [4.69, 9.17) is 0 Å². The quantitative estimate of drug-likeness (QED) is 0.561. The molecule has 1 aliphatic carbocycles. The van der Waals surface area contributed by atoms with Gasteiger partial charge in [0.05, 0.1) is 0 Å². The fourth-order valence-corrected chi connectivity index (χ4v) is 3.04. The summed E-state index contributed by atoms with van der Waals surface area (Å²) in [5, 5.41) is 3.58. The van der Waals surface area contributed by atoms with Gasteiger partial charge in [0.25, 0.3) is 0 Å². The third kappa shape index (κ3) is 4.40. The molecule has 2 aliphatic rings. The van der Waals surface area contributed by atoms with Gasteiger partial charge in [0.2, 0.25) is 0 Å². The molecule has 16 heavy (non-hydrogen) atoms. The second-order valence-electron chi connectivity index (χ2n) is 4.81. The van der Waals surface area contributed by atoms with Crippen LogP contribution in [0.1, 0.15) is 45.4 Å². The van der Waals surface area contributed by atoms with Crippen molar-refractivity contribution in [3.8, 4) is 0 Å². The zero-order valence-electron chi connectivity index (χ0n) is 10.2. The number of nitrogens with zero attached hydrogens (tertiary/aromatic N) is 1. The molecule has 2 nitrogen and oxygen atoms in total. The minimum Gasteiger partial charge on any atom is -1.00 e. The molecule has 98 valence electrons. The first-order chi connectivity index (χ1) is 6.90. The summed E-state index contributed by atoms with van der Waals surface area (Å²) >= 11 is 0. The Hall–Kier alpha value is 0.500. The number of halogens is 2. The Labute approximate surface area is 112 Å². The Morgan fingerprint density at radius 2 is 1.56 bits per heavy atom. The minimum atomic E-state index is 0. The van der Waals surface area contributed by atoms with Crippen LogP contribution in [0.25, 0.3) is 0 Å². The topological polar surface area (TPSA) is 15.3 Å². The third-order valence-corrected chi connectivity index (χ3v) is 3.85. The molecule has 1 heterocycles. The molecule has 0 amide bonds. The number of likely N-dealkylation sites (tertiary alicyclic amines) is 1. The fourth-order valence-electron chi connectivity index (χ4n) is 3.04. The molecular formula is C12H24Cl2N2-2.